The monoisotopic (exact) mass is 218 g/mol. The van der Waals surface area contributed by atoms with E-state index in [1.165, 1.54) is 0 Å². The lowest BCUT2D eigenvalue weighted by Crippen LogP contribution is -2.06. The number of rotatable bonds is 3. The molecule has 1 aromatic heterocycles. The van der Waals surface area contributed by atoms with Crippen LogP contribution in [-0.2, 0) is 11.2 Å². The number of alkyl halides is 2. The molecular formula is C8H8F2N2O3. The minimum absolute atomic E-state index is 0.327. The summed E-state index contributed by atoms with van der Waals surface area (Å²) < 4.78 is 24.8. The highest BCUT2D eigenvalue weighted by Crippen LogP contribution is 2.34. The molecule has 0 spiro atoms. The lowest BCUT2D eigenvalue weighted by Gasteiger charge is -2.09. The van der Waals surface area contributed by atoms with E-state index in [-0.39, 0.29) is 11.4 Å². The number of nitrogens with two attached hydrogens (primary N) is 1. The fourth-order valence-electron chi connectivity index (χ4n) is 1.07. The quantitative estimate of drug-likeness (QED) is 0.701. The van der Waals surface area contributed by atoms with E-state index in [1.54, 1.807) is 0 Å². The summed E-state index contributed by atoms with van der Waals surface area (Å²) >= 11 is 0. The molecule has 0 aromatic carbocycles. The van der Waals surface area contributed by atoms with Gasteiger partial charge in [-0.05, 0) is 0 Å². The van der Waals surface area contributed by atoms with Gasteiger partial charge >= 0.3 is 5.97 Å². The van der Waals surface area contributed by atoms with Crippen LogP contribution in [0.25, 0.3) is 0 Å². The highest BCUT2D eigenvalue weighted by Gasteiger charge is 2.21. The van der Waals surface area contributed by atoms with E-state index in [0.29, 0.717) is 0 Å². The van der Waals surface area contributed by atoms with Crippen molar-refractivity contribution in [1.82, 2.24) is 4.98 Å². The van der Waals surface area contributed by atoms with Crippen LogP contribution in [0.5, 0.6) is 5.75 Å². The lowest BCUT2D eigenvalue weighted by atomic mass is 10.1. The first-order valence-corrected chi connectivity index (χ1v) is 3.89. The molecule has 15 heavy (non-hydrogen) atoms. The average molecular weight is 218 g/mol. The second kappa shape index (κ2) is 4.07. The zero-order valence-electron chi connectivity index (χ0n) is 7.44. The third kappa shape index (κ3) is 2.30. The number of hydrogen-bond donors (Lipinski definition) is 3. The Morgan fingerprint density at radius 3 is 2.67 bits per heavy atom. The third-order valence-corrected chi connectivity index (χ3v) is 1.74. The predicted octanol–water partition coefficient (Wildman–Crippen LogP) is 0.934. The number of aromatic nitrogens is 1. The largest absolute Gasteiger partial charge is 0.505 e. The van der Waals surface area contributed by atoms with Crippen molar-refractivity contribution in [2.24, 2.45) is 0 Å². The number of nitrogen functional groups attached to an aromatic ring is 1. The number of aliphatic carboxylic acids is 1. The van der Waals surface area contributed by atoms with Gasteiger partial charge in [-0.2, -0.15) is 0 Å². The maximum absolute atomic E-state index is 12.4. The van der Waals surface area contributed by atoms with E-state index in [9.17, 15) is 18.7 Å². The van der Waals surface area contributed by atoms with Crippen LogP contribution in [-0.4, -0.2) is 21.2 Å². The zero-order chi connectivity index (χ0) is 11.6. The maximum atomic E-state index is 12.4. The van der Waals surface area contributed by atoms with Crippen LogP contribution in [0.15, 0.2) is 6.20 Å². The molecule has 0 unspecified atom stereocenters. The summed E-state index contributed by atoms with van der Waals surface area (Å²) in [5.74, 6) is -2.13. The number of pyridine rings is 1. The summed E-state index contributed by atoms with van der Waals surface area (Å²) in [6, 6.07) is 0. The van der Waals surface area contributed by atoms with Crippen LogP contribution in [0.1, 0.15) is 17.7 Å². The molecule has 1 rings (SSSR count). The Kier molecular flexibility index (Phi) is 3.03. The van der Waals surface area contributed by atoms with Crippen LogP contribution in [0.2, 0.25) is 0 Å². The van der Waals surface area contributed by atoms with Gasteiger partial charge in [0.05, 0.1) is 29.6 Å². The second-order valence-electron chi connectivity index (χ2n) is 2.79. The van der Waals surface area contributed by atoms with Crippen LogP contribution < -0.4 is 5.73 Å². The highest BCUT2D eigenvalue weighted by atomic mass is 19.3. The number of carbonyl (C=O) groups is 1. The smallest absolute Gasteiger partial charge is 0.309 e. The number of nitrogens with zero attached hydrogens (tertiary/aromatic N) is 1. The van der Waals surface area contributed by atoms with Gasteiger partial charge < -0.3 is 15.9 Å². The van der Waals surface area contributed by atoms with Gasteiger partial charge in [0.2, 0.25) is 0 Å². The van der Waals surface area contributed by atoms with Gasteiger partial charge in [-0.25, -0.2) is 8.78 Å². The Labute approximate surface area is 83.2 Å². The highest BCUT2D eigenvalue weighted by molar-refractivity contribution is 5.71. The molecule has 1 heterocycles. The molecular weight excluding hydrogens is 210 g/mol. The molecule has 1 aromatic rings. The molecule has 7 heteroatoms. The van der Waals surface area contributed by atoms with Crippen LogP contribution in [0.4, 0.5) is 14.5 Å². The molecule has 5 nitrogen and oxygen atoms in total. The standard InChI is InChI=1S/C8H8F2N2O3/c9-8(10)6-3(11)2-12-4(7(6)15)1-5(13)14/h2,8,15H,1,11H2,(H,13,14). The Balaban J connectivity index is 3.22. The van der Waals surface area contributed by atoms with Crippen molar-refractivity contribution in [3.8, 4) is 5.75 Å². The summed E-state index contributed by atoms with van der Waals surface area (Å²) in [6.07, 6.45) is -2.70. The minimum atomic E-state index is -2.97. The molecule has 4 N–H and O–H groups in total. The van der Waals surface area contributed by atoms with Gasteiger partial charge in [-0.3, -0.25) is 9.78 Å². The van der Waals surface area contributed by atoms with Gasteiger partial charge in [0.1, 0.15) is 5.75 Å². The molecule has 0 saturated heterocycles. The second-order valence-corrected chi connectivity index (χ2v) is 2.79. The van der Waals surface area contributed by atoms with Crippen molar-refractivity contribution >= 4 is 11.7 Å². The molecule has 0 radical (unpaired) electrons. The van der Waals surface area contributed by atoms with Gasteiger partial charge in [-0.15, -0.1) is 0 Å². The molecule has 0 bridgehead atoms. The van der Waals surface area contributed by atoms with E-state index >= 15 is 0 Å². The molecule has 82 valence electrons. The molecule has 0 aliphatic rings. The number of halogens is 2. The van der Waals surface area contributed by atoms with Crippen molar-refractivity contribution in [1.29, 1.82) is 0 Å². The molecule has 0 amide bonds. The number of hydrogen-bond acceptors (Lipinski definition) is 4. The Morgan fingerprint density at radius 2 is 2.20 bits per heavy atom. The summed E-state index contributed by atoms with van der Waals surface area (Å²) in [7, 11) is 0. The summed E-state index contributed by atoms with van der Waals surface area (Å²) in [6.45, 7) is 0. The van der Waals surface area contributed by atoms with Gasteiger partial charge in [0, 0.05) is 0 Å². The molecule has 0 fully saturated rings. The first-order valence-electron chi connectivity index (χ1n) is 3.89. The Morgan fingerprint density at radius 1 is 1.60 bits per heavy atom. The van der Waals surface area contributed by atoms with E-state index < -0.39 is 30.1 Å². The predicted molar refractivity (Wildman–Crippen MR) is 46.6 cm³/mol. The molecule has 0 saturated carbocycles. The van der Waals surface area contributed by atoms with Crippen LogP contribution in [0.3, 0.4) is 0 Å². The first-order chi connectivity index (χ1) is 6.93. The normalized spacial score (nSPS) is 10.6. The average Bonchev–Trinajstić information content (AvgIpc) is 2.09. The Bertz CT molecular complexity index is 396. The van der Waals surface area contributed by atoms with Gasteiger partial charge in [0.15, 0.2) is 0 Å². The van der Waals surface area contributed by atoms with E-state index in [0.717, 1.165) is 6.20 Å². The third-order valence-electron chi connectivity index (χ3n) is 1.74. The van der Waals surface area contributed by atoms with Crippen molar-refractivity contribution in [3.63, 3.8) is 0 Å². The first kappa shape index (κ1) is 11.2. The van der Waals surface area contributed by atoms with Crippen molar-refractivity contribution in [3.05, 3.63) is 17.5 Å². The lowest BCUT2D eigenvalue weighted by molar-refractivity contribution is -0.136. The van der Waals surface area contributed by atoms with E-state index in [2.05, 4.69) is 4.98 Å². The Hall–Kier alpha value is -1.92. The van der Waals surface area contributed by atoms with E-state index in [4.69, 9.17) is 10.8 Å². The van der Waals surface area contributed by atoms with Crippen molar-refractivity contribution in [2.75, 3.05) is 5.73 Å². The molecule has 0 aliphatic heterocycles. The van der Waals surface area contributed by atoms with Crippen LogP contribution >= 0.6 is 0 Å². The summed E-state index contributed by atoms with van der Waals surface area (Å²) in [5.41, 5.74) is 3.70. The van der Waals surface area contributed by atoms with Crippen LogP contribution in [0, 0.1) is 0 Å². The van der Waals surface area contributed by atoms with Gasteiger partial charge in [-0.1, -0.05) is 0 Å². The number of carboxylic acids is 1. The maximum Gasteiger partial charge on any atom is 0.309 e. The molecule has 0 atom stereocenters. The SMILES string of the molecule is Nc1cnc(CC(=O)O)c(O)c1C(F)F. The van der Waals surface area contributed by atoms with Crippen molar-refractivity contribution in [2.45, 2.75) is 12.8 Å². The summed E-state index contributed by atoms with van der Waals surface area (Å²) in [4.78, 5) is 13.8. The summed E-state index contributed by atoms with van der Waals surface area (Å²) in [5, 5.41) is 17.7. The fourth-order valence-corrected chi connectivity index (χ4v) is 1.07. The van der Waals surface area contributed by atoms with Gasteiger partial charge in [0.25, 0.3) is 6.43 Å². The number of anilines is 1. The van der Waals surface area contributed by atoms with Crippen molar-refractivity contribution < 1.29 is 23.8 Å². The topological polar surface area (TPSA) is 96.4 Å². The fraction of sp³-hybridized carbons (Fsp3) is 0.250. The number of aromatic hydroxyl groups is 1. The minimum Gasteiger partial charge on any atom is -0.505 e. The number of carboxylic acid groups (broad SMARTS) is 1. The zero-order valence-corrected chi connectivity index (χ0v) is 7.44. The molecule has 0 aliphatic carbocycles. The van der Waals surface area contributed by atoms with E-state index in [1.807, 2.05) is 0 Å².